The summed E-state index contributed by atoms with van der Waals surface area (Å²) in [7, 11) is 0. The molecule has 4 amide bonds. The normalized spacial score (nSPS) is 26.3. The molecule has 2 unspecified atom stereocenters. The highest BCUT2D eigenvalue weighted by Gasteiger charge is 2.52. The van der Waals surface area contributed by atoms with Gasteiger partial charge in [-0.25, -0.2) is 4.79 Å². The monoisotopic (exact) mass is 559 g/mol. The van der Waals surface area contributed by atoms with Crippen molar-refractivity contribution in [2.75, 3.05) is 51.2 Å². The quantitative estimate of drug-likeness (QED) is 0.493. The number of likely N-dealkylation sites (tertiary alicyclic amines) is 3. The molecular formula is C28H41N5O5S. The molecule has 2 atom stereocenters. The van der Waals surface area contributed by atoms with Crippen LogP contribution in [0.25, 0.3) is 0 Å². The van der Waals surface area contributed by atoms with Crippen molar-refractivity contribution in [2.24, 2.45) is 5.41 Å². The van der Waals surface area contributed by atoms with Crippen molar-refractivity contribution in [1.82, 2.24) is 20.0 Å². The Balaban J connectivity index is 1.27. The first-order chi connectivity index (χ1) is 18.8. The molecule has 1 aromatic rings. The molecular weight excluding hydrogens is 518 g/mol. The van der Waals surface area contributed by atoms with Crippen molar-refractivity contribution in [1.29, 1.82) is 0 Å². The molecule has 214 valence electrons. The van der Waals surface area contributed by atoms with E-state index in [2.05, 4.69) is 22.5 Å². The molecule has 1 aliphatic carbocycles. The second kappa shape index (κ2) is 11.5. The number of fused-ring (bicyclic) bond motifs is 1. The number of carbonyl (C=O) groups is 4. The van der Waals surface area contributed by atoms with E-state index in [1.807, 2.05) is 16.7 Å². The van der Waals surface area contributed by atoms with Crippen LogP contribution in [-0.4, -0.2) is 101 Å². The van der Waals surface area contributed by atoms with E-state index >= 15 is 0 Å². The largest absolute Gasteiger partial charge is 0.395 e. The number of aliphatic hydroxyl groups is 1. The zero-order valence-electron chi connectivity index (χ0n) is 23.1. The van der Waals surface area contributed by atoms with Gasteiger partial charge < -0.3 is 20.2 Å². The summed E-state index contributed by atoms with van der Waals surface area (Å²) in [5, 5.41) is 15.4. The van der Waals surface area contributed by atoms with E-state index in [4.69, 9.17) is 0 Å². The lowest BCUT2D eigenvalue weighted by molar-refractivity contribution is -0.140. The summed E-state index contributed by atoms with van der Waals surface area (Å²) in [6, 6.07) is 0.0884. The third-order valence-corrected chi connectivity index (χ3v) is 10.2. The van der Waals surface area contributed by atoms with Crippen LogP contribution in [0, 0.1) is 5.41 Å². The lowest BCUT2D eigenvalue weighted by Crippen LogP contribution is -2.54. The predicted octanol–water partition coefficient (Wildman–Crippen LogP) is 2.71. The van der Waals surface area contributed by atoms with E-state index in [1.54, 1.807) is 0 Å². The summed E-state index contributed by atoms with van der Waals surface area (Å²) in [5.41, 5.74) is 0.912. The molecule has 0 bridgehead atoms. The van der Waals surface area contributed by atoms with Gasteiger partial charge in [0.25, 0.3) is 5.91 Å². The number of β-amino-alcohol motifs (C(OH)–C–C–N with tert-alkyl or cyclic N) is 1. The second-order valence-corrected chi connectivity index (χ2v) is 12.5. The number of rotatable bonds is 6. The Morgan fingerprint density at radius 2 is 1.90 bits per heavy atom. The number of nitrogens with zero attached hydrogens (tertiary/aromatic N) is 3. The van der Waals surface area contributed by atoms with Gasteiger partial charge in [0.05, 0.1) is 22.5 Å². The average Bonchev–Trinajstić information content (AvgIpc) is 3.39. The van der Waals surface area contributed by atoms with Gasteiger partial charge in [-0.1, -0.05) is 0 Å². The molecule has 3 fully saturated rings. The van der Waals surface area contributed by atoms with Crippen LogP contribution in [0.4, 0.5) is 9.80 Å². The Morgan fingerprint density at radius 3 is 2.62 bits per heavy atom. The molecule has 0 saturated carbocycles. The predicted molar refractivity (Wildman–Crippen MR) is 149 cm³/mol. The van der Waals surface area contributed by atoms with Gasteiger partial charge in [-0.05, 0) is 70.9 Å². The average molecular weight is 560 g/mol. The molecule has 4 aliphatic rings. The topological polar surface area (TPSA) is 122 Å². The molecule has 3 N–H and O–H groups in total. The summed E-state index contributed by atoms with van der Waals surface area (Å²) < 4.78 is 0. The Labute approximate surface area is 234 Å². The van der Waals surface area contributed by atoms with Crippen LogP contribution in [0.15, 0.2) is 0 Å². The minimum atomic E-state index is -0.372. The maximum Gasteiger partial charge on any atom is 0.319 e. The van der Waals surface area contributed by atoms with E-state index in [-0.39, 0.29) is 41.7 Å². The zero-order valence-corrected chi connectivity index (χ0v) is 23.9. The molecule has 11 heteroatoms. The summed E-state index contributed by atoms with van der Waals surface area (Å²) in [4.78, 5) is 58.9. The van der Waals surface area contributed by atoms with Crippen LogP contribution < -0.4 is 10.6 Å². The number of Topliss-reactive ketones (excluding diaryl/α,β-unsaturated/α-hetero) is 1. The first-order valence-corrected chi connectivity index (χ1v) is 15.3. The number of anilines is 1. The molecule has 10 nitrogen and oxygen atoms in total. The zero-order chi connectivity index (χ0) is 27.7. The highest BCUT2D eigenvalue weighted by Crippen LogP contribution is 2.44. The van der Waals surface area contributed by atoms with Gasteiger partial charge in [0, 0.05) is 51.2 Å². The molecule has 5 rings (SSSR count). The summed E-state index contributed by atoms with van der Waals surface area (Å²) >= 11 is 1.23. The van der Waals surface area contributed by atoms with Crippen molar-refractivity contribution in [3.05, 3.63) is 16.0 Å². The molecule has 1 aromatic heterocycles. The lowest BCUT2D eigenvalue weighted by Gasteiger charge is -2.45. The third-order valence-electron chi connectivity index (χ3n) is 9.02. The van der Waals surface area contributed by atoms with Gasteiger partial charge in [-0.15, -0.1) is 11.3 Å². The van der Waals surface area contributed by atoms with Gasteiger partial charge >= 0.3 is 6.03 Å². The van der Waals surface area contributed by atoms with Crippen LogP contribution in [0.2, 0.25) is 0 Å². The minimum absolute atomic E-state index is 0.00955. The third kappa shape index (κ3) is 5.32. The van der Waals surface area contributed by atoms with Gasteiger partial charge in [0.15, 0.2) is 5.78 Å². The van der Waals surface area contributed by atoms with E-state index in [1.165, 1.54) is 11.3 Å². The van der Waals surface area contributed by atoms with Crippen LogP contribution in [0.3, 0.4) is 0 Å². The van der Waals surface area contributed by atoms with Gasteiger partial charge in [-0.2, -0.15) is 0 Å². The number of urea groups is 1. The van der Waals surface area contributed by atoms with Crippen LogP contribution in [-0.2, 0) is 11.2 Å². The standard InChI is InChI=1S/C28H41N5O5S/c1-3-29-27(38)30-24-22(20-6-4-7-21(35)23(20)39-24)25(36)31-12-8-19(9-13-31)32-11-5-10-28(17-32)16-18(2)33(14-15-34)26(28)37/h18-19,34H,3-17H2,1-2H3,(H2,29,30,38). The van der Waals surface area contributed by atoms with Gasteiger partial charge in [0.2, 0.25) is 5.91 Å². The number of nitrogens with one attached hydrogen (secondary N) is 2. The maximum absolute atomic E-state index is 13.8. The van der Waals surface area contributed by atoms with Crippen LogP contribution >= 0.6 is 11.3 Å². The summed E-state index contributed by atoms with van der Waals surface area (Å²) in [6.45, 7) is 7.69. The SMILES string of the molecule is CCNC(=O)Nc1sc2c(c1C(=O)N1CCC(N3CCCC4(CC(C)N(CCO)C4=O)C3)CC1)CCCC2=O. The van der Waals surface area contributed by atoms with E-state index in [0.717, 1.165) is 57.2 Å². The van der Waals surface area contributed by atoms with E-state index in [0.29, 0.717) is 60.5 Å². The van der Waals surface area contributed by atoms with Crippen molar-refractivity contribution >= 4 is 40.0 Å². The first kappa shape index (κ1) is 28.0. The lowest BCUT2D eigenvalue weighted by atomic mass is 9.76. The Kier molecular flexibility index (Phi) is 8.30. The van der Waals surface area contributed by atoms with Crippen LogP contribution in [0.1, 0.15) is 84.4 Å². The van der Waals surface area contributed by atoms with Crippen LogP contribution in [0.5, 0.6) is 0 Å². The first-order valence-electron chi connectivity index (χ1n) is 14.5. The smallest absolute Gasteiger partial charge is 0.319 e. The summed E-state index contributed by atoms with van der Waals surface area (Å²) in [6.07, 6.45) is 6.24. The number of amides is 4. The minimum Gasteiger partial charge on any atom is -0.395 e. The van der Waals surface area contributed by atoms with Crippen molar-refractivity contribution < 1.29 is 24.3 Å². The summed E-state index contributed by atoms with van der Waals surface area (Å²) in [5.74, 6) is 0.123. The second-order valence-electron chi connectivity index (χ2n) is 11.5. The van der Waals surface area contributed by atoms with E-state index in [9.17, 15) is 24.3 Å². The molecule has 3 aliphatic heterocycles. The number of aliphatic hydroxyl groups excluding tert-OH is 1. The Hall–Kier alpha value is -2.50. The fourth-order valence-electron chi connectivity index (χ4n) is 7.20. The molecule has 39 heavy (non-hydrogen) atoms. The fraction of sp³-hybridized carbons (Fsp3) is 0.714. The number of hydrogen-bond acceptors (Lipinski definition) is 7. The highest BCUT2D eigenvalue weighted by molar-refractivity contribution is 7.18. The van der Waals surface area contributed by atoms with E-state index < -0.39 is 0 Å². The Morgan fingerprint density at radius 1 is 1.13 bits per heavy atom. The van der Waals surface area contributed by atoms with Crippen molar-refractivity contribution in [3.63, 3.8) is 0 Å². The van der Waals surface area contributed by atoms with Crippen molar-refractivity contribution in [3.8, 4) is 0 Å². The molecule has 4 heterocycles. The van der Waals surface area contributed by atoms with Gasteiger partial charge in [0.1, 0.15) is 5.00 Å². The number of piperidine rings is 2. The van der Waals surface area contributed by atoms with Crippen molar-refractivity contribution in [2.45, 2.75) is 77.3 Å². The molecule has 1 spiro atoms. The molecule has 0 radical (unpaired) electrons. The fourth-order valence-corrected chi connectivity index (χ4v) is 8.40. The number of hydrogen-bond donors (Lipinski definition) is 3. The van der Waals surface area contributed by atoms with Gasteiger partial charge in [-0.3, -0.25) is 24.6 Å². The maximum atomic E-state index is 13.8. The molecule has 3 saturated heterocycles. The highest BCUT2D eigenvalue weighted by atomic mass is 32.1. The number of carbonyl (C=O) groups excluding carboxylic acids is 4. The number of ketones is 1. The number of thiophene rings is 1. The molecule has 0 aromatic carbocycles. The Bertz CT molecular complexity index is 1130.